The van der Waals surface area contributed by atoms with Crippen LogP contribution in [0.2, 0.25) is 0 Å². The Bertz CT molecular complexity index is 508. The van der Waals surface area contributed by atoms with E-state index in [2.05, 4.69) is 36.4 Å². The first kappa shape index (κ1) is 16.8. The van der Waals surface area contributed by atoms with E-state index in [-0.39, 0.29) is 17.6 Å². The van der Waals surface area contributed by atoms with Crippen LogP contribution in [-0.2, 0) is 21.4 Å². The van der Waals surface area contributed by atoms with Crippen LogP contribution < -0.4 is 5.32 Å². The lowest BCUT2D eigenvalue weighted by atomic mass is 9.93. The molecule has 1 aromatic heterocycles. The normalized spacial score (nSPS) is 30.0. The molecule has 0 spiro atoms. The van der Waals surface area contributed by atoms with Gasteiger partial charge in [0.2, 0.25) is 0 Å². The van der Waals surface area contributed by atoms with Gasteiger partial charge in [0, 0.05) is 30.9 Å². The molecule has 0 bridgehead atoms. The first-order valence-corrected chi connectivity index (χ1v) is 8.47. The molecule has 3 atom stereocenters. The van der Waals surface area contributed by atoms with Gasteiger partial charge in [-0.3, -0.25) is 0 Å². The second-order valence-electron chi connectivity index (χ2n) is 7.59. The van der Waals surface area contributed by atoms with Gasteiger partial charge in [-0.15, -0.1) is 5.10 Å². The highest BCUT2D eigenvalue weighted by Gasteiger charge is 2.38. The first-order valence-electron chi connectivity index (χ1n) is 8.47. The second kappa shape index (κ2) is 6.84. The highest BCUT2D eigenvalue weighted by atomic mass is 16.5. The van der Waals surface area contributed by atoms with E-state index < -0.39 is 6.10 Å². The number of nitrogens with one attached hydrogen (secondary N) is 1. The van der Waals surface area contributed by atoms with Gasteiger partial charge >= 0.3 is 0 Å². The predicted octanol–water partition coefficient (Wildman–Crippen LogP) is 0.473. The molecule has 2 saturated heterocycles. The molecule has 0 aliphatic carbocycles. The van der Waals surface area contributed by atoms with E-state index >= 15 is 0 Å². The van der Waals surface area contributed by atoms with Crippen LogP contribution in [0.15, 0.2) is 6.20 Å². The fraction of sp³-hybridized carbons (Fsp3) is 0.875. The number of ether oxygens (including phenoxy) is 2. The van der Waals surface area contributed by atoms with Gasteiger partial charge in [-0.25, -0.2) is 4.68 Å². The molecule has 0 aromatic carbocycles. The molecule has 2 aliphatic rings. The summed E-state index contributed by atoms with van der Waals surface area (Å²) in [5.74, 6) is 0. The largest absolute Gasteiger partial charge is 0.389 e. The number of nitrogens with zero attached hydrogens (tertiary/aromatic N) is 3. The Hall–Kier alpha value is -1.02. The minimum Gasteiger partial charge on any atom is -0.389 e. The Labute approximate surface area is 137 Å². The van der Waals surface area contributed by atoms with Gasteiger partial charge in [0.15, 0.2) is 0 Å². The summed E-state index contributed by atoms with van der Waals surface area (Å²) in [6.07, 6.45) is 3.36. The Balaban J connectivity index is 1.62. The molecule has 0 saturated carbocycles. The number of aliphatic hydroxyl groups excluding tert-OH is 1. The minimum absolute atomic E-state index is 0.0198. The standard InChI is InChI=1S/C16H28N4O3/c1-16(2,3)14-9-20(19-18-14)8-13-15(12(21)10-23-13)17-11-4-6-22-7-5-11/h9,11-13,15,17,21H,4-8,10H2,1-3H3/t12-,13+,15+/m0/s1. The van der Waals surface area contributed by atoms with Crippen LogP contribution in [-0.4, -0.2) is 64.2 Å². The molecule has 0 amide bonds. The molecular weight excluding hydrogens is 296 g/mol. The molecule has 3 rings (SSSR count). The third-order valence-electron chi connectivity index (χ3n) is 4.62. The Morgan fingerprint density at radius 3 is 2.74 bits per heavy atom. The third kappa shape index (κ3) is 4.09. The Morgan fingerprint density at radius 1 is 1.35 bits per heavy atom. The topological polar surface area (TPSA) is 81.4 Å². The van der Waals surface area contributed by atoms with Gasteiger partial charge in [-0.1, -0.05) is 26.0 Å². The van der Waals surface area contributed by atoms with Crippen LogP contribution in [0.25, 0.3) is 0 Å². The molecule has 2 N–H and O–H groups in total. The van der Waals surface area contributed by atoms with Crippen molar-refractivity contribution in [2.45, 2.75) is 69.9 Å². The highest BCUT2D eigenvalue weighted by molar-refractivity contribution is 5.06. The first-order chi connectivity index (χ1) is 10.9. The van der Waals surface area contributed by atoms with E-state index in [1.165, 1.54) is 0 Å². The quantitative estimate of drug-likeness (QED) is 0.838. The lowest BCUT2D eigenvalue weighted by Gasteiger charge is -2.30. The van der Waals surface area contributed by atoms with E-state index in [0.717, 1.165) is 31.7 Å². The van der Waals surface area contributed by atoms with Crippen molar-refractivity contribution in [3.05, 3.63) is 11.9 Å². The van der Waals surface area contributed by atoms with Crippen molar-refractivity contribution in [3.63, 3.8) is 0 Å². The van der Waals surface area contributed by atoms with Gasteiger partial charge < -0.3 is 19.9 Å². The monoisotopic (exact) mass is 324 g/mol. The molecule has 0 radical (unpaired) electrons. The smallest absolute Gasteiger partial charge is 0.0952 e. The number of aliphatic hydroxyl groups is 1. The number of hydrogen-bond donors (Lipinski definition) is 2. The van der Waals surface area contributed by atoms with Crippen molar-refractivity contribution < 1.29 is 14.6 Å². The summed E-state index contributed by atoms with van der Waals surface area (Å²) in [4.78, 5) is 0. The number of rotatable bonds is 4. The van der Waals surface area contributed by atoms with Gasteiger partial charge in [0.1, 0.15) is 0 Å². The Morgan fingerprint density at radius 2 is 2.09 bits per heavy atom. The summed E-state index contributed by atoms with van der Waals surface area (Å²) in [6, 6.07) is 0.314. The molecule has 1 aromatic rings. The van der Waals surface area contributed by atoms with E-state index in [9.17, 15) is 5.11 Å². The van der Waals surface area contributed by atoms with E-state index in [1.54, 1.807) is 0 Å². The molecule has 7 nitrogen and oxygen atoms in total. The van der Waals surface area contributed by atoms with Crippen molar-refractivity contribution in [3.8, 4) is 0 Å². The summed E-state index contributed by atoms with van der Waals surface area (Å²) in [6.45, 7) is 8.88. The van der Waals surface area contributed by atoms with Crippen LogP contribution in [0.5, 0.6) is 0 Å². The summed E-state index contributed by atoms with van der Waals surface area (Å²) in [5, 5.41) is 22.3. The maximum Gasteiger partial charge on any atom is 0.0952 e. The number of hydrogen-bond acceptors (Lipinski definition) is 6. The molecule has 7 heteroatoms. The predicted molar refractivity (Wildman–Crippen MR) is 85.2 cm³/mol. The van der Waals surface area contributed by atoms with Crippen LogP contribution in [0.1, 0.15) is 39.3 Å². The lowest BCUT2D eigenvalue weighted by Crippen LogP contribution is -2.51. The molecule has 2 aliphatic heterocycles. The summed E-state index contributed by atoms with van der Waals surface area (Å²) < 4.78 is 13.0. The van der Waals surface area contributed by atoms with E-state index in [1.807, 2.05) is 10.9 Å². The van der Waals surface area contributed by atoms with Crippen LogP contribution in [0, 0.1) is 0 Å². The van der Waals surface area contributed by atoms with Crippen molar-refractivity contribution in [2.75, 3.05) is 19.8 Å². The molecule has 3 heterocycles. The molecule has 2 fully saturated rings. The summed E-state index contributed by atoms with van der Waals surface area (Å²) in [7, 11) is 0. The lowest BCUT2D eigenvalue weighted by molar-refractivity contribution is 0.0562. The van der Waals surface area contributed by atoms with Crippen molar-refractivity contribution in [2.24, 2.45) is 0 Å². The fourth-order valence-electron chi connectivity index (χ4n) is 3.11. The summed E-state index contributed by atoms with van der Waals surface area (Å²) in [5.41, 5.74) is 0.943. The maximum atomic E-state index is 10.2. The van der Waals surface area contributed by atoms with Crippen molar-refractivity contribution >= 4 is 0 Å². The maximum absolute atomic E-state index is 10.2. The Kier molecular flexibility index (Phi) is 5.01. The third-order valence-corrected chi connectivity index (χ3v) is 4.62. The van der Waals surface area contributed by atoms with Gasteiger partial charge in [-0.05, 0) is 12.8 Å². The highest BCUT2D eigenvalue weighted by Crippen LogP contribution is 2.21. The van der Waals surface area contributed by atoms with E-state index in [0.29, 0.717) is 19.2 Å². The van der Waals surface area contributed by atoms with E-state index in [4.69, 9.17) is 9.47 Å². The fourth-order valence-corrected chi connectivity index (χ4v) is 3.11. The molecular formula is C16H28N4O3. The zero-order valence-electron chi connectivity index (χ0n) is 14.2. The average molecular weight is 324 g/mol. The molecule has 130 valence electrons. The van der Waals surface area contributed by atoms with Gasteiger partial charge in [0.25, 0.3) is 0 Å². The van der Waals surface area contributed by atoms with Crippen LogP contribution in [0.3, 0.4) is 0 Å². The number of aromatic nitrogens is 3. The zero-order valence-corrected chi connectivity index (χ0v) is 14.2. The van der Waals surface area contributed by atoms with Gasteiger partial charge in [-0.2, -0.15) is 0 Å². The molecule has 23 heavy (non-hydrogen) atoms. The van der Waals surface area contributed by atoms with Crippen molar-refractivity contribution in [1.29, 1.82) is 0 Å². The van der Waals surface area contributed by atoms with Gasteiger partial charge in [0.05, 0.1) is 37.1 Å². The van der Waals surface area contributed by atoms with Crippen molar-refractivity contribution in [1.82, 2.24) is 20.3 Å². The average Bonchev–Trinajstić information content (AvgIpc) is 3.10. The zero-order chi connectivity index (χ0) is 16.4. The summed E-state index contributed by atoms with van der Waals surface area (Å²) >= 11 is 0. The minimum atomic E-state index is -0.478. The van der Waals surface area contributed by atoms with Crippen LogP contribution >= 0.6 is 0 Å². The van der Waals surface area contributed by atoms with Crippen LogP contribution in [0.4, 0.5) is 0 Å². The molecule has 0 unspecified atom stereocenters. The second-order valence-corrected chi connectivity index (χ2v) is 7.59. The SMILES string of the molecule is CC(C)(C)c1cn(C[C@H]2OC[C@H](O)[C@H]2NC2CCOCC2)nn1.